The minimum Gasteiger partial charge on any atom is -0.493 e. The number of carbonyl (C=O) groups excluding carboxylic acids is 1. The zero-order valence-electron chi connectivity index (χ0n) is 24.5. The van der Waals surface area contributed by atoms with E-state index in [2.05, 4.69) is 25.3 Å². The van der Waals surface area contributed by atoms with Crippen molar-refractivity contribution in [3.8, 4) is 22.9 Å². The van der Waals surface area contributed by atoms with Crippen molar-refractivity contribution in [1.82, 2.24) is 33.9 Å². The third kappa shape index (κ3) is 6.31. The number of hydrogen-bond donors (Lipinski definition) is 1. The molecule has 224 valence electrons. The maximum atomic E-state index is 12.4. The second kappa shape index (κ2) is 11.9. The van der Waals surface area contributed by atoms with E-state index in [1.54, 1.807) is 37.1 Å². The van der Waals surface area contributed by atoms with Crippen molar-refractivity contribution in [3.05, 3.63) is 47.8 Å². The third-order valence-electron chi connectivity index (χ3n) is 6.75. The Morgan fingerprint density at radius 1 is 1.02 bits per heavy atom. The van der Waals surface area contributed by atoms with E-state index in [-0.39, 0.29) is 11.4 Å². The Balaban J connectivity index is 1.31. The molecule has 4 heterocycles. The van der Waals surface area contributed by atoms with E-state index in [9.17, 15) is 4.79 Å². The highest BCUT2D eigenvalue weighted by Crippen LogP contribution is 2.39. The average molecular weight is 599 g/mol. The smallest absolute Gasteiger partial charge is 0.410 e. The summed E-state index contributed by atoms with van der Waals surface area (Å²) in [6.07, 6.45) is 3.21. The minimum absolute atomic E-state index is 0.0984. The van der Waals surface area contributed by atoms with E-state index >= 15 is 0 Å². The molecule has 1 amide bonds. The second-order valence-electron chi connectivity index (χ2n) is 10.8. The van der Waals surface area contributed by atoms with Gasteiger partial charge in [0, 0.05) is 44.9 Å². The first-order chi connectivity index (χ1) is 20.1. The van der Waals surface area contributed by atoms with Crippen molar-refractivity contribution in [2.24, 2.45) is 0 Å². The highest BCUT2D eigenvalue weighted by Gasteiger charge is 2.26. The number of amides is 1. The molecule has 42 heavy (non-hydrogen) atoms. The van der Waals surface area contributed by atoms with E-state index in [0.717, 1.165) is 30.0 Å². The largest absolute Gasteiger partial charge is 0.493 e. The lowest BCUT2D eigenvalue weighted by molar-refractivity contribution is 0.0137. The number of aromatic nitrogens is 5. The van der Waals surface area contributed by atoms with Crippen LogP contribution in [0.1, 0.15) is 26.5 Å². The Hall–Kier alpha value is -4.23. The first-order valence-corrected chi connectivity index (χ1v) is 13.8. The van der Waals surface area contributed by atoms with E-state index < -0.39 is 5.60 Å². The maximum absolute atomic E-state index is 12.4. The summed E-state index contributed by atoms with van der Waals surface area (Å²) in [5.41, 5.74) is 1.96. The Labute approximate surface area is 248 Å². The van der Waals surface area contributed by atoms with Crippen molar-refractivity contribution in [2.75, 3.05) is 52.8 Å². The van der Waals surface area contributed by atoms with Gasteiger partial charge < -0.3 is 33.7 Å². The van der Waals surface area contributed by atoms with Crippen LogP contribution in [0.25, 0.3) is 11.2 Å². The summed E-state index contributed by atoms with van der Waals surface area (Å²) in [6, 6.07) is 7.61. The van der Waals surface area contributed by atoms with Crippen LogP contribution in [0.2, 0.25) is 5.28 Å². The fraction of sp³-hybridized carbons (Fsp3) is 0.429. The van der Waals surface area contributed by atoms with Gasteiger partial charge in [0.25, 0.3) is 0 Å². The van der Waals surface area contributed by atoms with Gasteiger partial charge in [-0.15, -0.1) is 5.10 Å². The standard InChI is InChI=1S/C28H35ClN8O5/c1-28(2,3)42-27(38)35-11-9-34(10-12-35)15-18-7-8-20-25(32-26(29)33-37(18)20)31-23-16-36(17-30-23)19-13-21(39-4)24(41-6)22(14-19)40-5/h7-8,13-14,16-17H,9-12,15H2,1-6H3,(H,31,32,33). The summed E-state index contributed by atoms with van der Waals surface area (Å²) in [7, 11) is 4.70. The molecule has 0 saturated carbocycles. The molecule has 1 N–H and O–H groups in total. The van der Waals surface area contributed by atoms with Gasteiger partial charge in [-0.25, -0.2) is 14.3 Å². The van der Waals surface area contributed by atoms with Gasteiger partial charge in [-0.2, -0.15) is 4.98 Å². The SMILES string of the molecule is COc1cc(-n2cnc(Nc3nc(Cl)nn4c(CN5CCN(C(=O)OC(C)(C)C)CC5)ccc34)c2)cc(OC)c1OC. The molecule has 13 nitrogen and oxygen atoms in total. The molecule has 0 spiro atoms. The Morgan fingerprint density at radius 2 is 1.71 bits per heavy atom. The normalized spacial score (nSPS) is 14.2. The number of methoxy groups -OCH3 is 3. The molecule has 1 fully saturated rings. The molecule has 0 radical (unpaired) electrons. The molecule has 1 aliphatic heterocycles. The molecule has 1 saturated heterocycles. The van der Waals surface area contributed by atoms with Crippen LogP contribution < -0.4 is 19.5 Å². The first-order valence-electron chi connectivity index (χ1n) is 13.4. The number of hydrogen-bond acceptors (Lipinski definition) is 10. The van der Waals surface area contributed by atoms with Gasteiger partial charge in [0.05, 0.1) is 38.9 Å². The van der Waals surface area contributed by atoms with Crippen molar-refractivity contribution in [1.29, 1.82) is 0 Å². The lowest BCUT2D eigenvalue weighted by Crippen LogP contribution is -2.49. The first kappa shape index (κ1) is 29.3. The number of benzene rings is 1. The van der Waals surface area contributed by atoms with Gasteiger partial charge in [-0.1, -0.05) is 0 Å². The van der Waals surface area contributed by atoms with Crippen molar-refractivity contribution < 1.29 is 23.7 Å². The topological polar surface area (TPSA) is 121 Å². The quantitative estimate of drug-likeness (QED) is 0.312. The highest BCUT2D eigenvalue weighted by molar-refractivity contribution is 6.28. The van der Waals surface area contributed by atoms with Gasteiger partial charge in [0.1, 0.15) is 23.3 Å². The molecule has 1 aromatic carbocycles. The van der Waals surface area contributed by atoms with Gasteiger partial charge in [-0.05, 0) is 44.5 Å². The summed E-state index contributed by atoms with van der Waals surface area (Å²) < 4.78 is 25.5. The number of imidazole rings is 1. The van der Waals surface area contributed by atoms with Gasteiger partial charge >= 0.3 is 6.09 Å². The second-order valence-corrected chi connectivity index (χ2v) is 11.1. The highest BCUT2D eigenvalue weighted by atomic mass is 35.5. The van der Waals surface area contributed by atoms with Crippen LogP contribution in [0.5, 0.6) is 17.2 Å². The van der Waals surface area contributed by atoms with Crippen LogP contribution in [0, 0.1) is 0 Å². The average Bonchev–Trinajstić information content (AvgIpc) is 3.59. The fourth-order valence-corrected chi connectivity index (χ4v) is 4.90. The number of fused-ring (bicyclic) bond motifs is 1. The minimum atomic E-state index is -0.515. The summed E-state index contributed by atoms with van der Waals surface area (Å²) >= 11 is 6.34. The Kier molecular flexibility index (Phi) is 8.32. The van der Waals surface area contributed by atoms with Crippen molar-refractivity contribution in [2.45, 2.75) is 32.9 Å². The third-order valence-corrected chi connectivity index (χ3v) is 6.91. The number of halogens is 1. The summed E-state index contributed by atoms with van der Waals surface area (Å²) in [5, 5.41) is 7.81. The Morgan fingerprint density at radius 3 is 2.33 bits per heavy atom. The molecule has 5 rings (SSSR count). The molecule has 4 aromatic rings. The van der Waals surface area contributed by atoms with Gasteiger partial charge in [0.2, 0.25) is 11.0 Å². The predicted octanol–water partition coefficient (Wildman–Crippen LogP) is 4.39. The van der Waals surface area contributed by atoms with E-state index in [1.807, 2.05) is 55.8 Å². The lowest BCUT2D eigenvalue weighted by Gasteiger charge is -2.35. The molecule has 1 aliphatic rings. The fourth-order valence-electron chi connectivity index (χ4n) is 4.74. The van der Waals surface area contributed by atoms with Crippen LogP contribution in [0.4, 0.5) is 16.4 Å². The molecule has 0 atom stereocenters. The number of nitrogens with one attached hydrogen (secondary N) is 1. The number of carbonyl (C=O) groups is 1. The van der Waals surface area contributed by atoms with Crippen LogP contribution in [0.3, 0.4) is 0 Å². The lowest BCUT2D eigenvalue weighted by atomic mass is 10.2. The van der Waals surface area contributed by atoms with Crippen LogP contribution in [0.15, 0.2) is 36.8 Å². The van der Waals surface area contributed by atoms with Crippen molar-refractivity contribution in [3.63, 3.8) is 0 Å². The monoisotopic (exact) mass is 598 g/mol. The van der Waals surface area contributed by atoms with Gasteiger partial charge in [0.15, 0.2) is 17.3 Å². The Bertz CT molecular complexity index is 1550. The molecule has 3 aromatic heterocycles. The van der Waals surface area contributed by atoms with E-state index in [4.69, 9.17) is 30.5 Å². The van der Waals surface area contributed by atoms with Crippen LogP contribution >= 0.6 is 11.6 Å². The summed E-state index contributed by atoms with van der Waals surface area (Å²) in [4.78, 5) is 25.4. The number of anilines is 2. The predicted molar refractivity (Wildman–Crippen MR) is 158 cm³/mol. The molecular weight excluding hydrogens is 564 g/mol. The van der Waals surface area contributed by atoms with E-state index in [1.165, 1.54) is 0 Å². The maximum Gasteiger partial charge on any atom is 0.410 e. The molecule has 0 aliphatic carbocycles. The molecule has 14 heteroatoms. The zero-order valence-corrected chi connectivity index (χ0v) is 25.3. The number of piperazine rings is 1. The van der Waals surface area contributed by atoms with Crippen molar-refractivity contribution >= 4 is 34.8 Å². The zero-order chi connectivity index (χ0) is 30.0. The number of nitrogens with zero attached hydrogens (tertiary/aromatic N) is 7. The summed E-state index contributed by atoms with van der Waals surface area (Å²) in [6.45, 7) is 8.87. The molecule has 0 unspecified atom stereocenters. The number of ether oxygens (including phenoxy) is 4. The van der Waals surface area contributed by atoms with Crippen LogP contribution in [-0.2, 0) is 11.3 Å². The molecule has 0 bridgehead atoms. The molecular formula is C28H35ClN8O5. The number of rotatable bonds is 8. The summed E-state index contributed by atoms with van der Waals surface area (Å²) in [5.74, 6) is 2.65. The van der Waals surface area contributed by atoms with Crippen LogP contribution in [-0.4, -0.2) is 93.2 Å². The van der Waals surface area contributed by atoms with E-state index in [0.29, 0.717) is 48.5 Å². The van der Waals surface area contributed by atoms with Gasteiger partial charge in [-0.3, -0.25) is 4.90 Å².